The Hall–Kier alpha value is -1.00. The normalized spacial score (nSPS) is 21.6. The Labute approximate surface area is 96.6 Å². The van der Waals surface area contributed by atoms with Gasteiger partial charge in [-0.05, 0) is 18.3 Å². The van der Waals surface area contributed by atoms with Gasteiger partial charge < -0.3 is 0 Å². The average molecular weight is 220 g/mol. The van der Waals surface area contributed by atoms with Crippen LogP contribution in [0.2, 0.25) is 0 Å². The van der Waals surface area contributed by atoms with Crippen LogP contribution in [-0.2, 0) is 0 Å². The third-order valence-corrected chi connectivity index (χ3v) is 3.74. The van der Waals surface area contributed by atoms with Crippen LogP contribution in [0.5, 0.6) is 0 Å². The molecule has 1 aliphatic rings. The second kappa shape index (κ2) is 4.89. The van der Waals surface area contributed by atoms with Crippen LogP contribution in [0.3, 0.4) is 0 Å². The Morgan fingerprint density at radius 3 is 2.62 bits per heavy atom. The van der Waals surface area contributed by atoms with E-state index in [0.717, 1.165) is 5.69 Å². The van der Waals surface area contributed by atoms with Crippen molar-refractivity contribution in [1.29, 1.82) is 0 Å². The molecular weight excluding hydrogens is 200 g/mol. The van der Waals surface area contributed by atoms with Crippen LogP contribution in [0, 0.1) is 5.41 Å². The molecule has 1 heterocycles. The van der Waals surface area contributed by atoms with Crippen molar-refractivity contribution < 1.29 is 0 Å². The van der Waals surface area contributed by atoms with Crippen LogP contribution in [0.25, 0.3) is 0 Å². The molecule has 0 spiro atoms. The summed E-state index contributed by atoms with van der Waals surface area (Å²) in [4.78, 5) is 8.49. The lowest BCUT2D eigenvalue weighted by atomic mass is 9.70. The SMILES string of the molecule is CC1(C(NN)c2cnccn2)CCCCC1. The van der Waals surface area contributed by atoms with Gasteiger partial charge in [-0.1, -0.05) is 26.2 Å². The van der Waals surface area contributed by atoms with Crippen molar-refractivity contribution in [1.82, 2.24) is 15.4 Å². The predicted molar refractivity (Wildman–Crippen MR) is 63.3 cm³/mol. The van der Waals surface area contributed by atoms with Gasteiger partial charge in [-0.3, -0.25) is 21.2 Å². The second-order valence-electron chi connectivity index (χ2n) is 4.94. The quantitative estimate of drug-likeness (QED) is 0.603. The third kappa shape index (κ3) is 2.23. The van der Waals surface area contributed by atoms with E-state index in [9.17, 15) is 0 Å². The minimum absolute atomic E-state index is 0.112. The largest absolute Gasteiger partial charge is 0.271 e. The summed E-state index contributed by atoms with van der Waals surface area (Å²) < 4.78 is 0. The van der Waals surface area contributed by atoms with Gasteiger partial charge in [0.15, 0.2) is 0 Å². The molecule has 1 saturated carbocycles. The first-order valence-corrected chi connectivity index (χ1v) is 5.98. The van der Waals surface area contributed by atoms with Gasteiger partial charge >= 0.3 is 0 Å². The first-order chi connectivity index (χ1) is 7.76. The molecular formula is C12H20N4. The van der Waals surface area contributed by atoms with Gasteiger partial charge in [0.05, 0.1) is 17.9 Å². The predicted octanol–water partition coefficient (Wildman–Crippen LogP) is 1.95. The number of aromatic nitrogens is 2. The van der Waals surface area contributed by atoms with Crippen molar-refractivity contribution in [2.45, 2.75) is 45.1 Å². The number of hydrazine groups is 1. The Bertz CT molecular complexity index is 319. The molecule has 4 nitrogen and oxygen atoms in total. The van der Waals surface area contributed by atoms with Gasteiger partial charge in [-0.2, -0.15) is 0 Å². The second-order valence-corrected chi connectivity index (χ2v) is 4.94. The summed E-state index contributed by atoms with van der Waals surface area (Å²) in [5.41, 5.74) is 4.09. The molecule has 1 aromatic rings. The van der Waals surface area contributed by atoms with Crippen molar-refractivity contribution in [3.05, 3.63) is 24.3 Å². The zero-order valence-corrected chi connectivity index (χ0v) is 9.82. The highest BCUT2D eigenvalue weighted by atomic mass is 15.2. The molecule has 1 aliphatic carbocycles. The number of nitrogens with zero attached hydrogens (tertiary/aromatic N) is 2. The van der Waals surface area contributed by atoms with Gasteiger partial charge in [0.2, 0.25) is 0 Å². The molecule has 88 valence electrons. The van der Waals surface area contributed by atoms with Crippen LogP contribution in [0.4, 0.5) is 0 Å². The lowest BCUT2D eigenvalue weighted by Crippen LogP contribution is -2.41. The third-order valence-electron chi connectivity index (χ3n) is 3.74. The topological polar surface area (TPSA) is 63.8 Å². The van der Waals surface area contributed by atoms with E-state index in [0.29, 0.717) is 0 Å². The van der Waals surface area contributed by atoms with Crippen LogP contribution in [-0.4, -0.2) is 9.97 Å². The summed E-state index contributed by atoms with van der Waals surface area (Å²) >= 11 is 0. The lowest BCUT2D eigenvalue weighted by molar-refractivity contribution is 0.142. The number of hydrogen-bond donors (Lipinski definition) is 2. The molecule has 0 saturated heterocycles. The van der Waals surface area contributed by atoms with E-state index in [1.165, 1.54) is 32.1 Å². The summed E-state index contributed by atoms with van der Waals surface area (Å²) in [6, 6.07) is 0.112. The molecule has 0 radical (unpaired) electrons. The van der Waals surface area contributed by atoms with E-state index in [1.54, 1.807) is 12.4 Å². The number of hydrogen-bond acceptors (Lipinski definition) is 4. The van der Waals surface area contributed by atoms with Gasteiger partial charge in [0, 0.05) is 12.4 Å². The number of nitrogens with two attached hydrogens (primary N) is 1. The smallest absolute Gasteiger partial charge is 0.0775 e. The first-order valence-electron chi connectivity index (χ1n) is 5.98. The molecule has 2 rings (SSSR count). The summed E-state index contributed by atoms with van der Waals surface area (Å²) in [6.45, 7) is 2.30. The van der Waals surface area contributed by atoms with E-state index >= 15 is 0 Å². The van der Waals surface area contributed by atoms with Crippen molar-refractivity contribution in [2.24, 2.45) is 11.3 Å². The van der Waals surface area contributed by atoms with Gasteiger partial charge in [0.25, 0.3) is 0 Å². The zero-order valence-electron chi connectivity index (χ0n) is 9.82. The molecule has 0 aliphatic heterocycles. The summed E-state index contributed by atoms with van der Waals surface area (Å²) in [6.07, 6.45) is 11.6. The molecule has 1 fully saturated rings. The fraction of sp³-hybridized carbons (Fsp3) is 0.667. The minimum Gasteiger partial charge on any atom is -0.271 e. The Morgan fingerprint density at radius 1 is 1.31 bits per heavy atom. The minimum atomic E-state index is 0.112. The molecule has 0 aromatic carbocycles. The maximum Gasteiger partial charge on any atom is 0.0775 e. The molecule has 3 N–H and O–H groups in total. The fourth-order valence-electron chi connectivity index (χ4n) is 2.75. The molecule has 0 bridgehead atoms. The highest BCUT2D eigenvalue weighted by molar-refractivity contribution is 5.08. The summed E-state index contributed by atoms with van der Waals surface area (Å²) in [5, 5.41) is 0. The van der Waals surface area contributed by atoms with E-state index in [1.807, 2.05) is 6.20 Å². The Morgan fingerprint density at radius 2 is 2.06 bits per heavy atom. The van der Waals surface area contributed by atoms with E-state index in [2.05, 4.69) is 22.3 Å². The maximum atomic E-state index is 5.70. The highest BCUT2D eigenvalue weighted by Gasteiger charge is 2.36. The van der Waals surface area contributed by atoms with E-state index in [-0.39, 0.29) is 11.5 Å². The van der Waals surface area contributed by atoms with Gasteiger partial charge in [-0.15, -0.1) is 0 Å². The van der Waals surface area contributed by atoms with Crippen molar-refractivity contribution in [3.8, 4) is 0 Å². The van der Waals surface area contributed by atoms with Gasteiger partial charge in [0.1, 0.15) is 0 Å². The standard InChI is InChI=1S/C12H20N4/c1-12(5-3-2-4-6-12)11(16-13)10-9-14-7-8-15-10/h7-9,11,16H,2-6,13H2,1H3. The van der Waals surface area contributed by atoms with Crippen LogP contribution >= 0.6 is 0 Å². The van der Waals surface area contributed by atoms with Crippen LogP contribution in [0.1, 0.15) is 50.8 Å². The number of nitrogens with one attached hydrogen (secondary N) is 1. The molecule has 0 amide bonds. The molecule has 1 aromatic heterocycles. The molecule has 1 atom stereocenters. The van der Waals surface area contributed by atoms with E-state index in [4.69, 9.17) is 5.84 Å². The van der Waals surface area contributed by atoms with Crippen molar-refractivity contribution in [3.63, 3.8) is 0 Å². The Balaban J connectivity index is 2.21. The molecule has 16 heavy (non-hydrogen) atoms. The number of rotatable bonds is 3. The zero-order chi connectivity index (χ0) is 11.4. The average Bonchev–Trinajstić information content (AvgIpc) is 2.32. The monoisotopic (exact) mass is 220 g/mol. The summed E-state index contributed by atoms with van der Waals surface area (Å²) in [7, 11) is 0. The van der Waals surface area contributed by atoms with E-state index < -0.39 is 0 Å². The van der Waals surface area contributed by atoms with Crippen molar-refractivity contribution in [2.75, 3.05) is 0 Å². The first kappa shape index (κ1) is 11.5. The molecule has 4 heteroatoms. The van der Waals surface area contributed by atoms with Crippen LogP contribution < -0.4 is 11.3 Å². The molecule has 1 unspecified atom stereocenters. The maximum absolute atomic E-state index is 5.70. The lowest BCUT2D eigenvalue weighted by Gasteiger charge is -2.39. The Kier molecular flexibility index (Phi) is 3.51. The van der Waals surface area contributed by atoms with Crippen molar-refractivity contribution >= 4 is 0 Å². The highest BCUT2D eigenvalue weighted by Crippen LogP contribution is 2.44. The van der Waals surface area contributed by atoms with Crippen LogP contribution in [0.15, 0.2) is 18.6 Å². The fourth-order valence-corrected chi connectivity index (χ4v) is 2.75. The van der Waals surface area contributed by atoms with Gasteiger partial charge in [-0.25, -0.2) is 0 Å². The summed E-state index contributed by atoms with van der Waals surface area (Å²) in [5.74, 6) is 5.70.